The van der Waals surface area contributed by atoms with Gasteiger partial charge >= 0.3 is 5.97 Å². The fourth-order valence-electron chi connectivity index (χ4n) is 1.70. The average molecular weight is 300 g/mol. The molecule has 3 nitrogen and oxygen atoms in total. The van der Waals surface area contributed by atoms with Gasteiger partial charge in [0.25, 0.3) is 0 Å². The summed E-state index contributed by atoms with van der Waals surface area (Å²) in [4.78, 5) is 15.5. The Kier molecular flexibility index (Phi) is 4.17. The van der Waals surface area contributed by atoms with E-state index in [1.807, 2.05) is 6.92 Å². The first-order valence-corrected chi connectivity index (χ1v) is 6.90. The highest BCUT2D eigenvalue weighted by Gasteiger charge is 2.19. The van der Waals surface area contributed by atoms with Crippen LogP contribution in [0.3, 0.4) is 0 Å². The van der Waals surface area contributed by atoms with Gasteiger partial charge in [0, 0.05) is 10.6 Å². The zero-order chi connectivity index (χ0) is 14.0. The average Bonchev–Trinajstić information content (AvgIpc) is 2.77. The summed E-state index contributed by atoms with van der Waals surface area (Å²) in [7, 11) is 0. The number of carboxylic acids is 1. The van der Waals surface area contributed by atoms with Gasteiger partial charge in [-0.15, -0.1) is 11.3 Å². The number of aromatic nitrogens is 1. The first kappa shape index (κ1) is 14.0. The highest BCUT2D eigenvalue weighted by molar-refractivity contribution is 7.17. The number of rotatable bonds is 4. The molecule has 0 saturated carbocycles. The van der Waals surface area contributed by atoms with E-state index in [1.165, 1.54) is 18.2 Å². The van der Waals surface area contributed by atoms with Crippen LogP contribution < -0.4 is 0 Å². The van der Waals surface area contributed by atoms with Crippen LogP contribution in [0.5, 0.6) is 0 Å². The van der Waals surface area contributed by atoms with Gasteiger partial charge in [-0.05, 0) is 24.6 Å². The van der Waals surface area contributed by atoms with Crippen LogP contribution in [-0.4, -0.2) is 16.1 Å². The van der Waals surface area contributed by atoms with Crippen LogP contribution in [-0.2, 0) is 6.42 Å². The van der Waals surface area contributed by atoms with Crippen molar-refractivity contribution in [2.75, 3.05) is 0 Å². The van der Waals surface area contributed by atoms with Gasteiger partial charge in [-0.25, -0.2) is 14.2 Å². The first-order chi connectivity index (χ1) is 9.02. The van der Waals surface area contributed by atoms with Gasteiger partial charge in [-0.1, -0.05) is 24.9 Å². The molecule has 0 aliphatic heterocycles. The second-order valence-corrected chi connectivity index (χ2v) is 5.41. The van der Waals surface area contributed by atoms with Crippen molar-refractivity contribution in [1.29, 1.82) is 0 Å². The molecule has 0 aliphatic rings. The van der Waals surface area contributed by atoms with E-state index in [-0.39, 0.29) is 10.4 Å². The molecule has 2 rings (SSSR count). The lowest BCUT2D eigenvalue weighted by atomic mass is 10.2. The lowest BCUT2D eigenvalue weighted by molar-refractivity contribution is 0.0700. The number of carbonyl (C=O) groups is 1. The van der Waals surface area contributed by atoms with Gasteiger partial charge in [-0.2, -0.15) is 0 Å². The Labute approximate surface area is 118 Å². The highest BCUT2D eigenvalue weighted by atomic mass is 35.5. The standard InChI is InChI=1S/C13H11ClFNO2S/c1-2-3-10-11(13(17)18)19-12(16-10)8-6-7(14)4-5-9(8)15/h4-6H,2-3H2,1H3,(H,17,18). The molecular weight excluding hydrogens is 289 g/mol. The van der Waals surface area contributed by atoms with Gasteiger partial charge in [0.1, 0.15) is 15.7 Å². The van der Waals surface area contributed by atoms with Gasteiger partial charge in [-0.3, -0.25) is 0 Å². The smallest absolute Gasteiger partial charge is 0.347 e. The maximum atomic E-state index is 13.7. The topological polar surface area (TPSA) is 50.2 Å². The van der Waals surface area contributed by atoms with Crippen LogP contribution in [0.25, 0.3) is 10.6 Å². The van der Waals surface area contributed by atoms with Gasteiger partial charge < -0.3 is 5.11 Å². The molecule has 0 spiro atoms. The zero-order valence-corrected chi connectivity index (χ0v) is 11.7. The summed E-state index contributed by atoms with van der Waals surface area (Å²) in [5.41, 5.74) is 0.733. The largest absolute Gasteiger partial charge is 0.477 e. The van der Waals surface area contributed by atoms with Crippen LogP contribution in [0, 0.1) is 5.82 Å². The maximum Gasteiger partial charge on any atom is 0.347 e. The third-order valence-corrected chi connectivity index (χ3v) is 3.89. The summed E-state index contributed by atoms with van der Waals surface area (Å²) >= 11 is 6.81. The number of halogens is 2. The van der Waals surface area contributed by atoms with E-state index in [9.17, 15) is 9.18 Å². The number of carboxylic acid groups (broad SMARTS) is 1. The second kappa shape index (κ2) is 5.67. The van der Waals surface area contributed by atoms with Gasteiger partial charge in [0.2, 0.25) is 0 Å². The number of aromatic carboxylic acids is 1. The monoisotopic (exact) mass is 299 g/mol. The first-order valence-electron chi connectivity index (χ1n) is 5.71. The minimum atomic E-state index is -1.03. The molecule has 0 saturated heterocycles. The summed E-state index contributed by atoms with van der Waals surface area (Å²) in [5.74, 6) is -1.49. The van der Waals surface area contributed by atoms with Crippen molar-refractivity contribution < 1.29 is 14.3 Å². The Morgan fingerprint density at radius 1 is 1.53 bits per heavy atom. The summed E-state index contributed by atoms with van der Waals surface area (Å²) in [6.45, 7) is 1.94. The molecule has 1 aromatic carbocycles. The lowest BCUT2D eigenvalue weighted by Crippen LogP contribution is -1.98. The van der Waals surface area contributed by atoms with Crippen molar-refractivity contribution in [2.24, 2.45) is 0 Å². The van der Waals surface area contributed by atoms with E-state index in [2.05, 4.69) is 4.98 Å². The van der Waals surface area contributed by atoms with Crippen molar-refractivity contribution in [3.8, 4) is 10.6 Å². The summed E-state index contributed by atoms with van der Waals surface area (Å²) in [6.07, 6.45) is 1.34. The number of aryl methyl sites for hydroxylation is 1. The fourth-order valence-corrected chi connectivity index (χ4v) is 2.84. The van der Waals surface area contributed by atoms with Gasteiger partial charge in [0.05, 0.1) is 5.69 Å². The minimum absolute atomic E-state index is 0.163. The van der Waals surface area contributed by atoms with Crippen molar-refractivity contribution in [3.05, 3.63) is 39.6 Å². The van der Waals surface area contributed by atoms with Crippen LogP contribution in [0.2, 0.25) is 5.02 Å². The Bertz CT molecular complexity index is 627. The molecule has 1 heterocycles. The van der Waals surface area contributed by atoms with Crippen LogP contribution >= 0.6 is 22.9 Å². The maximum absolute atomic E-state index is 13.7. The predicted molar refractivity (Wildman–Crippen MR) is 73.5 cm³/mol. The Hall–Kier alpha value is -1.46. The van der Waals surface area contributed by atoms with E-state index in [4.69, 9.17) is 16.7 Å². The lowest BCUT2D eigenvalue weighted by Gasteiger charge is -1.99. The van der Waals surface area contributed by atoms with E-state index >= 15 is 0 Å². The molecule has 0 radical (unpaired) electrons. The van der Waals surface area contributed by atoms with Gasteiger partial charge in [0.15, 0.2) is 0 Å². The number of benzene rings is 1. The Morgan fingerprint density at radius 3 is 2.89 bits per heavy atom. The van der Waals surface area contributed by atoms with Crippen molar-refractivity contribution in [2.45, 2.75) is 19.8 Å². The molecule has 0 amide bonds. The predicted octanol–water partition coefficient (Wildman–Crippen LogP) is 4.25. The summed E-state index contributed by atoms with van der Waals surface area (Å²) in [6, 6.07) is 4.15. The van der Waals surface area contributed by atoms with Crippen LogP contribution in [0.4, 0.5) is 4.39 Å². The third-order valence-electron chi connectivity index (χ3n) is 2.54. The second-order valence-electron chi connectivity index (χ2n) is 3.97. The van der Waals surface area contributed by atoms with E-state index in [1.54, 1.807) is 0 Å². The zero-order valence-electron chi connectivity index (χ0n) is 10.1. The van der Waals surface area contributed by atoms with Crippen molar-refractivity contribution in [1.82, 2.24) is 4.98 Å². The van der Waals surface area contributed by atoms with E-state index in [0.717, 1.165) is 17.8 Å². The number of hydrogen-bond donors (Lipinski definition) is 1. The molecule has 100 valence electrons. The van der Waals surface area contributed by atoms with Crippen LogP contribution in [0.15, 0.2) is 18.2 Å². The molecule has 1 N–H and O–H groups in total. The summed E-state index contributed by atoms with van der Waals surface area (Å²) in [5, 5.41) is 9.86. The molecule has 0 aliphatic carbocycles. The highest BCUT2D eigenvalue weighted by Crippen LogP contribution is 2.32. The molecule has 0 fully saturated rings. The molecule has 2 aromatic rings. The molecule has 0 unspecified atom stereocenters. The molecule has 6 heteroatoms. The molecule has 1 aromatic heterocycles. The van der Waals surface area contributed by atoms with Crippen molar-refractivity contribution >= 4 is 28.9 Å². The quantitative estimate of drug-likeness (QED) is 0.918. The number of hydrogen-bond acceptors (Lipinski definition) is 3. The minimum Gasteiger partial charge on any atom is -0.477 e. The Morgan fingerprint density at radius 2 is 2.26 bits per heavy atom. The molecule has 0 atom stereocenters. The number of thiazole rings is 1. The normalized spacial score (nSPS) is 10.7. The van der Waals surface area contributed by atoms with E-state index < -0.39 is 11.8 Å². The molecule has 19 heavy (non-hydrogen) atoms. The van der Waals surface area contributed by atoms with Crippen molar-refractivity contribution in [3.63, 3.8) is 0 Å². The molecular formula is C13H11ClFNO2S. The SMILES string of the molecule is CCCc1nc(-c2cc(Cl)ccc2F)sc1C(=O)O. The van der Waals surface area contributed by atoms with E-state index in [0.29, 0.717) is 22.1 Å². The Balaban J connectivity index is 2.53. The van der Waals surface area contributed by atoms with Crippen LogP contribution in [0.1, 0.15) is 28.7 Å². The molecule has 0 bridgehead atoms. The fraction of sp³-hybridized carbons (Fsp3) is 0.231. The number of nitrogens with zero attached hydrogens (tertiary/aromatic N) is 1. The summed E-state index contributed by atoms with van der Waals surface area (Å²) < 4.78 is 13.7. The third kappa shape index (κ3) is 2.93.